The predicted molar refractivity (Wildman–Crippen MR) is 127 cm³/mol. The Morgan fingerprint density at radius 1 is 1.06 bits per heavy atom. The Morgan fingerprint density at radius 3 is 2.72 bits per heavy atom. The van der Waals surface area contributed by atoms with Crippen molar-refractivity contribution in [3.05, 3.63) is 77.0 Å². The molecule has 0 radical (unpaired) electrons. The van der Waals surface area contributed by atoms with Gasteiger partial charge in [0.2, 0.25) is 0 Å². The molecule has 1 atom stereocenters. The van der Waals surface area contributed by atoms with Gasteiger partial charge in [0, 0.05) is 49.0 Å². The van der Waals surface area contributed by atoms with Gasteiger partial charge in [-0.2, -0.15) is 0 Å². The Labute approximate surface area is 192 Å². The summed E-state index contributed by atoms with van der Waals surface area (Å²) in [4.78, 5) is 16.4. The van der Waals surface area contributed by atoms with E-state index in [1.54, 1.807) is 0 Å². The monoisotopic (exact) mass is 444 g/mol. The summed E-state index contributed by atoms with van der Waals surface area (Å²) in [5, 5.41) is 0.738. The standard InChI is InChI=1S/C25H25ClN6/c1-16-4-2-5-18(21(16)26)23-30-15-20-24(29-10-13-32(20)23)31-11-7-25(8-12-31)14-19-17(22(25)27)6-3-9-28-19/h2-6,9-10,13,15,22H,7-8,11-12,14,27H2,1H3. The number of aryl methyl sites for hydroxylation is 1. The van der Waals surface area contributed by atoms with Crippen LogP contribution in [0.25, 0.3) is 16.9 Å². The van der Waals surface area contributed by atoms with E-state index in [-0.39, 0.29) is 11.5 Å². The Morgan fingerprint density at radius 2 is 1.91 bits per heavy atom. The minimum Gasteiger partial charge on any atom is -0.355 e. The van der Waals surface area contributed by atoms with E-state index in [0.717, 1.165) is 65.7 Å². The third-order valence-electron chi connectivity index (χ3n) is 7.37. The molecule has 1 saturated heterocycles. The van der Waals surface area contributed by atoms with Crippen molar-refractivity contribution in [3.8, 4) is 11.4 Å². The van der Waals surface area contributed by atoms with Gasteiger partial charge in [0.1, 0.15) is 11.3 Å². The first-order valence-corrected chi connectivity index (χ1v) is 11.5. The van der Waals surface area contributed by atoms with Crippen molar-refractivity contribution in [1.82, 2.24) is 19.4 Å². The molecule has 0 bridgehead atoms. The number of anilines is 1. The van der Waals surface area contributed by atoms with Crippen molar-refractivity contribution in [2.24, 2.45) is 11.1 Å². The summed E-state index contributed by atoms with van der Waals surface area (Å²) >= 11 is 6.60. The van der Waals surface area contributed by atoms with E-state index in [9.17, 15) is 0 Å². The molecule has 1 aromatic carbocycles. The number of rotatable bonds is 2. The third kappa shape index (κ3) is 2.86. The first-order valence-electron chi connectivity index (χ1n) is 11.1. The lowest BCUT2D eigenvalue weighted by atomic mass is 9.73. The maximum atomic E-state index is 6.72. The number of hydrogen-bond acceptors (Lipinski definition) is 5. The molecule has 0 amide bonds. The number of aromatic nitrogens is 4. The van der Waals surface area contributed by atoms with Crippen molar-refractivity contribution in [2.45, 2.75) is 32.2 Å². The first kappa shape index (κ1) is 19.7. The Kier molecular flexibility index (Phi) is 4.49. The van der Waals surface area contributed by atoms with Crippen LogP contribution in [0.3, 0.4) is 0 Å². The largest absolute Gasteiger partial charge is 0.355 e. The maximum absolute atomic E-state index is 6.72. The zero-order chi connectivity index (χ0) is 21.9. The molecule has 32 heavy (non-hydrogen) atoms. The van der Waals surface area contributed by atoms with Crippen LogP contribution in [0.15, 0.2) is 55.1 Å². The second kappa shape index (κ2) is 7.29. The molecule has 7 heteroatoms. The van der Waals surface area contributed by atoms with Crippen molar-refractivity contribution < 1.29 is 0 Å². The highest BCUT2D eigenvalue weighted by Crippen LogP contribution is 2.50. The fraction of sp³-hybridized carbons (Fsp3) is 0.320. The first-order chi connectivity index (χ1) is 15.6. The van der Waals surface area contributed by atoms with Crippen LogP contribution < -0.4 is 10.6 Å². The minimum atomic E-state index is 0.0575. The van der Waals surface area contributed by atoms with E-state index < -0.39 is 0 Å². The highest BCUT2D eigenvalue weighted by molar-refractivity contribution is 6.34. The molecule has 0 saturated carbocycles. The Bertz CT molecular complexity index is 1320. The maximum Gasteiger partial charge on any atom is 0.154 e. The van der Waals surface area contributed by atoms with Gasteiger partial charge in [-0.15, -0.1) is 0 Å². The summed E-state index contributed by atoms with van der Waals surface area (Å²) in [5.74, 6) is 1.80. The Balaban J connectivity index is 1.31. The second-order valence-corrected chi connectivity index (χ2v) is 9.45. The van der Waals surface area contributed by atoms with Gasteiger partial charge >= 0.3 is 0 Å². The van der Waals surface area contributed by atoms with E-state index in [1.807, 2.05) is 56.0 Å². The van der Waals surface area contributed by atoms with E-state index in [1.165, 1.54) is 11.3 Å². The second-order valence-electron chi connectivity index (χ2n) is 9.07. The van der Waals surface area contributed by atoms with E-state index in [2.05, 4.69) is 20.4 Å². The zero-order valence-electron chi connectivity index (χ0n) is 18.0. The summed E-state index contributed by atoms with van der Waals surface area (Å²) in [6.45, 7) is 3.85. The van der Waals surface area contributed by atoms with Crippen LogP contribution >= 0.6 is 11.6 Å². The fourth-order valence-electron chi connectivity index (χ4n) is 5.48. The molecule has 2 N–H and O–H groups in total. The lowest BCUT2D eigenvalue weighted by Gasteiger charge is -2.42. The molecule has 162 valence electrons. The summed E-state index contributed by atoms with van der Waals surface area (Å²) in [6.07, 6.45) is 10.6. The van der Waals surface area contributed by atoms with Gasteiger partial charge in [0.25, 0.3) is 0 Å². The van der Waals surface area contributed by atoms with Crippen molar-refractivity contribution in [3.63, 3.8) is 0 Å². The van der Waals surface area contributed by atoms with Crippen LogP contribution in [0.1, 0.15) is 35.7 Å². The summed E-state index contributed by atoms with van der Waals surface area (Å²) in [7, 11) is 0. The number of nitrogens with two attached hydrogens (primary N) is 1. The number of benzene rings is 1. The van der Waals surface area contributed by atoms with Gasteiger partial charge in [-0.25, -0.2) is 9.97 Å². The summed E-state index contributed by atoms with van der Waals surface area (Å²) in [5.41, 5.74) is 12.2. The van der Waals surface area contributed by atoms with E-state index in [4.69, 9.17) is 27.3 Å². The molecule has 3 aromatic heterocycles. The predicted octanol–water partition coefficient (Wildman–Crippen LogP) is 4.60. The number of hydrogen-bond donors (Lipinski definition) is 1. The number of pyridine rings is 1. The SMILES string of the molecule is Cc1cccc(-c2ncc3c(N4CCC5(CC4)Cc4ncccc4C5N)nccn23)c1Cl. The summed E-state index contributed by atoms with van der Waals surface area (Å²) < 4.78 is 2.09. The highest BCUT2D eigenvalue weighted by atomic mass is 35.5. The topological polar surface area (TPSA) is 72.3 Å². The van der Waals surface area contributed by atoms with Gasteiger partial charge in [0.05, 0.1) is 11.2 Å². The van der Waals surface area contributed by atoms with Crippen molar-refractivity contribution >= 4 is 22.9 Å². The number of halogens is 1. The summed E-state index contributed by atoms with van der Waals surface area (Å²) in [6, 6.07) is 10.2. The highest BCUT2D eigenvalue weighted by Gasteiger charge is 2.46. The van der Waals surface area contributed by atoms with Crippen molar-refractivity contribution in [2.75, 3.05) is 18.0 Å². The molecule has 2 aliphatic rings. The number of imidazole rings is 1. The molecule has 4 aromatic rings. The van der Waals surface area contributed by atoms with E-state index >= 15 is 0 Å². The quantitative estimate of drug-likeness (QED) is 0.489. The van der Waals surface area contributed by atoms with Gasteiger partial charge < -0.3 is 10.6 Å². The molecular weight excluding hydrogens is 420 g/mol. The van der Waals surface area contributed by atoms with Crippen LogP contribution in [0, 0.1) is 12.3 Å². The van der Waals surface area contributed by atoms with Crippen LogP contribution in [-0.2, 0) is 6.42 Å². The smallest absolute Gasteiger partial charge is 0.154 e. The third-order valence-corrected chi connectivity index (χ3v) is 7.87. The van der Waals surface area contributed by atoms with Crippen molar-refractivity contribution in [1.29, 1.82) is 0 Å². The minimum absolute atomic E-state index is 0.0575. The molecule has 1 fully saturated rings. The number of fused-ring (bicyclic) bond motifs is 2. The molecule has 1 aliphatic heterocycles. The fourth-order valence-corrected chi connectivity index (χ4v) is 5.69. The lowest BCUT2D eigenvalue weighted by Crippen LogP contribution is -2.44. The zero-order valence-corrected chi connectivity index (χ0v) is 18.8. The molecule has 6 nitrogen and oxygen atoms in total. The molecule has 1 unspecified atom stereocenters. The van der Waals surface area contributed by atoms with Crippen LogP contribution in [-0.4, -0.2) is 32.4 Å². The number of piperidine rings is 1. The molecule has 4 heterocycles. The normalized spacial score (nSPS) is 19.6. The lowest BCUT2D eigenvalue weighted by molar-refractivity contribution is 0.187. The molecule has 6 rings (SSSR count). The van der Waals surface area contributed by atoms with Gasteiger partial charge in [0.15, 0.2) is 5.82 Å². The molecule has 1 spiro atoms. The Hall–Kier alpha value is -2.96. The molecule has 1 aliphatic carbocycles. The van der Waals surface area contributed by atoms with Crippen LogP contribution in [0.4, 0.5) is 5.82 Å². The van der Waals surface area contributed by atoms with Gasteiger partial charge in [-0.3, -0.25) is 9.38 Å². The average molecular weight is 445 g/mol. The van der Waals surface area contributed by atoms with Gasteiger partial charge in [-0.05, 0) is 54.9 Å². The molecular formula is C25H25ClN6. The van der Waals surface area contributed by atoms with E-state index in [0.29, 0.717) is 0 Å². The van der Waals surface area contributed by atoms with Gasteiger partial charge in [-0.1, -0.05) is 29.8 Å². The average Bonchev–Trinajstić information content (AvgIpc) is 3.36. The number of nitrogens with zero attached hydrogens (tertiary/aromatic N) is 5. The van der Waals surface area contributed by atoms with Crippen LogP contribution in [0.2, 0.25) is 5.02 Å². The van der Waals surface area contributed by atoms with Crippen LogP contribution in [0.5, 0.6) is 0 Å².